The molecule has 0 radical (unpaired) electrons. The van der Waals surface area contributed by atoms with Gasteiger partial charge in [0.2, 0.25) is 5.78 Å². The van der Waals surface area contributed by atoms with E-state index in [4.69, 9.17) is 13.7 Å². The molecule has 154 valence electrons. The van der Waals surface area contributed by atoms with Gasteiger partial charge in [0, 0.05) is 6.07 Å². The number of aromatic nitrogens is 1. The van der Waals surface area contributed by atoms with E-state index in [1.807, 2.05) is 0 Å². The third-order valence-electron chi connectivity index (χ3n) is 4.66. The van der Waals surface area contributed by atoms with Crippen LogP contribution in [0.4, 0.5) is 5.82 Å². The summed E-state index contributed by atoms with van der Waals surface area (Å²) in [5, 5.41) is 24.5. The van der Waals surface area contributed by atoms with Crippen LogP contribution in [0.15, 0.2) is 62.9 Å². The van der Waals surface area contributed by atoms with Crippen molar-refractivity contribution in [2.75, 3.05) is 11.5 Å². The number of anilines is 1. The number of Topliss-reactive ketones (excluding diaryl/α,β-unsaturated/α-hetero) is 1. The molecule has 0 bridgehead atoms. The highest BCUT2D eigenvalue weighted by atomic mass is 16.5. The Morgan fingerprint density at radius 1 is 1.27 bits per heavy atom. The summed E-state index contributed by atoms with van der Waals surface area (Å²) in [5.74, 6) is -1.55. The van der Waals surface area contributed by atoms with Gasteiger partial charge in [-0.2, -0.15) is 0 Å². The number of benzene rings is 1. The molecule has 0 unspecified atom stereocenters. The second kappa shape index (κ2) is 7.43. The Balaban J connectivity index is 1.89. The zero-order valence-corrected chi connectivity index (χ0v) is 16.2. The summed E-state index contributed by atoms with van der Waals surface area (Å²) in [5.41, 5.74) is 0.243. The van der Waals surface area contributed by atoms with Gasteiger partial charge in [-0.05, 0) is 43.7 Å². The largest absolute Gasteiger partial charge is 0.504 e. The second-order valence-electron chi connectivity index (χ2n) is 6.60. The minimum Gasteiger partial charge on any atom is -0.504 e. The van der Waals surface area contributed by atoms with Crippen molar-refractivity contribution in [2.45, 2.75) is 19.9 Å². The minimum atomic E-state index is -1.04. The van der Waals surface area contributed by atoms with E-state index in [-0.39, 0.29) is 28.7 Å². The summed E-state index contributed by atoms with van der Waals surface area (Å²) in [6, 6.07) is 7.87. The monoisotopic (exact) mass is 410 g/mol. The fourth-order valence-electron chi connectivity index (χ4n) is 3.37. The molecular formula is C21H18N2O7. The van der Waals surface area contributed by atoms with Crippen LogP contribution < -0.4 is 9.64 Å². The molecule has 0 saturated carbocycles. The number of nitrogens with zero attached hydrogens (tertiary/aromatic N) is 2. The van der Waals surface area contributed by atoms with E-state index < -0.39 is 23.5 Å². The van der Waals surface area contributed by atoms with Crippen molar-refractivity contribution in [1.82, 2.24) is 5.16 Å². The van der Waals surface area contributed by atoms with E-state index in [2.05, 4.69) is 5.16 Å². The van der Waals surface area contributed by atoms with E-state index in [0.717, 1.165) is 4.90 Å². The molecule has 2 aromatic heterocycles. The number of rotatable bonds is 6. The maximum atomic E-state index is 13.1. The highest BCUT2D eigenvalue weighted by molar-refractivity contribution is 6.19. The lowest BCUT2D eigenvalue weighted by atomic mass is 9.94. The van der Waals surface area contributed by atoms with E-state index in [1.165, 1.54) is 42.7 Å². The van der Waals surface area contributed by atoms with Gasteiger partial charge in [0.05, 0.1) is 24.5 Å². The number of carbonyl (C=O) groups is 2. The van der Waals surface area contributed by atoms with Gasteiger partial charge >= 0.3 is 0 Å². The van der Waals surface area contributed by atoms with Crippen LogP contribution in [0.3, 0.4) is 0 Å². The van der Waals surface area contributed by atoms with E-state index in [0.29, 0.717) is 17.9 Å². The standard InChI is InChI=1S/C21H18N2O7/c1-3-28-15-10-12(6-7-13(15)24)18-17(19(25)14-5-4-8-29-14)20(26)21(27)23(18)16-9-11(2)30-22-16/h4-10,18,24,26H,3H2,1-2H3/t18-/m1/s1. The predicted molar refractivity (Wildman–Crippen MR) is 103 cm³/mol. The summed E-state index contributed by atoms with van der Waals surface area (Å²) in [6.45, 7) is 3.71. The molecule has 0 saturated heterocycles. The molecule has 1 atom stereocenters. The van der Waals surface area contributed by atoms with Crippen LogP contribution in [-0.2, 0) is 4.79 Å². The molecule has 1 aliphatic heterocycles. The Kier molecular flexibility index (Phi) is 4.78. The van der Waals surface area contributed by atoms with Crippen LogP contribution in [0, 0.1) is 6.92 Å². The average molecular weight is 410 g/mol. The first-order valence-electron chi connectivity index (χ1n) is 9.16. The van der Waals surface area contributed by atoms with Crippen molar-refractivity contribution < 1.29 is 33.5 Å². The molecular weight excluding hydrogens is 392 g/mol. The van der Waals surface area contributed by atoms with Crippen LogP contribution in [-0.4, -0.2) is 33.7 Å². The summed E-state index contributed by atoms with van der Waals surface area (Å²) in [7, 11) is 0. The van der Waals surface area contributed by atoms with Crippen LogP contribution in [0.1, 0.15) is 34.8 Å². The van der Waals surface area contributed by atoms with Gasteiger partial charge in [-0.25, -0.2) is 0 Å². The topological polar surface area (TPSA) is 126 Å². The first-order chi connectivity index (χ1) is 14.4. The first kappa shape index (κ1) is 19.3. The Labute approximate surface area is 170 Å². The van der Waals surface area contributed by atoms with Gasteiger partial charge in [0.25, 0.3) is 5.91 Å². The lowest BCUT2D eigenvalue weighted by molar-refractivity contribution is -0.117. The van der Waals surface area contributed by atoms with Gasteiger partial charge in [-0.3, -0.25) is 14.5 Å². The third-order valence-corrected chi connectivity index (χ3v) is 4.66. The summed E-state index contributed by atoms with van der Waals surface area (Å²) in [6.07, 6.45) is 1.32. The van der Waals surface area contributed by atoms with Crippen molar-refractivity contribution in [3.05, 3.63) is 71.1 Å². The molecule has 1 amide bonds. The molecule has 30 heavy (non-hydrogen) atoms. The van der Waals surface area contributed by atoms with Crippen LogP contribution in [0.25, 0.3) is 0 Å². The summed E-state index contributed by atoms with van der Waals surface area (Å²) < 4.78 is 15.7. The minimum absolute atomic E-state index is 0.0312. The summed E-state index contributed by atoms with van der Waals surface area (Å²) >= 11 is 0. The fraction of sp³-hybridized carbons (Fsp3) is 0.190. The van der Waals surface area contributed by atoms with Crippen LogP contribution in [0.5, 0.6) is 11.5 Å². The van der Waals surface area contributed by atoms with Crippen LogP contribution >= 0.6 is 0 Å². The highest BCUT2D eigenvalue weighted by Gasteiger charge is 2.46. The number of hydrogen-bond acceptors (Lipinski definition) is 8. The van der Waals surface area contributed by atoms with Crippen molar-refractivity contribution >= 4 is 17.5 Å². The molecule has 0 fully saturated rings. The number of furan rings is 1. The van der Waals surface area contributed by atoms with Gasteiger partial charge in [0.1, 0.15) is 5.76 Å². The van der Waals surface area contributed by atoms with Crippen molar-refractivity contribution in [1.29, 1.82) is 0 Å². The van der Waals surface area contributed by atoms with E-state index >= 15 is 0 Å². The molecule has 1 aliphatic rings. The number of ether oxygens (including phenoxy) is 1. The lowest BCUT2D eigenvalue weighted by Gasteiger charge is -2.24. The fourth-order valence-corrected chi connectivity index (χ4v) is 3.37. The zero-order chi connectivity index (χ0) is 21.4. The predicted octanol–water partition coefficient (Wildman–Crippen LogP) is 3.46. The molecule has 0 spiro atoms. The number of aliphatic hydroxyl groups is 1. The summed E-state index contributed by atoms with van der Waals surface area (Å²) in [4.78, 5) is 27.2. The average Bonchev–Trinajstić information content (AvgIpc) is 3.45. The maximum Gasteiger partial charge on any atom is 0.295 e. The molecule has 0 aliphatic carbocycles. The lowest BCUT2D eigenvalue weighted by Crippen LogP contribution is -2.31. The maximum absolute atomic E-state index is 13.1. The molecule has 9 nitrogen and oxygen atoms in total. The third kappa shape index (κ3) is 3.10. The number of aromatic hydroxyl groups is 1. The molecule has 3 aromatic rings. The molecule has 2 N–H and O–H groups in total. The smallest absolute Gasteiger partial charge is 0.295 e. The van der Waals surface area contributed by atoms with Gasteiger partial charge in [-0.1, -0.05) is 11.2 Å². The number of carbonyl (C=O) groups excluding carboxylic acids is 2. The van der Waals surface area contributed by atoms with Gasteiger partial charge < -0.3 is 23.9 Å². The van der Waals surface area contributed by atoms with Crippen molar-refractivity contribution in [3.8, 4) is 11.5 Å². The normalized spacial score (nSPS) is 16.4. The number of hydrogen-bond donors (Lipinski definition) is 2. The second-order valence-corrected chi connectivity index (χ2v) is 6.60. The Morgan fingerprint density at radius 2 is 2.07 bits per heavy atom. The Bertz CT molecular complexity index is 1140. The number of amides is 1. The first-order valence-corrected chi connectivity index (χ1v) is 9.16. The van der Waals surface area contributed by atoms with E-state index in [9.17, 15) is 19.8 Å². The quantitative estimate of drug-likeness (QED) is 0.592. The Morgan fingerprint density at radius 3 is 2.70 bits per heavy atom. The molecule has 1 aromatic carbocycles. The number of ketones is 1. The number of phenols is 1. The highest BCUT2D eigenvalue weighted by Crippen LogP contribution is 2.43. The molecule has 4 rings (SSSR count). The van der Waals surface area contributed by atoms with Crippen molar-refractivity contribution in [2.24, 2.45) is 0 Å². The number of phenolic OH excluding ortho intramolecular Hbond substituents is 1. The van der Waals surface area contributed by atoms with Crippen molar-refractivity contribution in [3.63, 3.8) is 0 Å². The Hall–Kier alpha value is -4.01. The number of aryl methyl sites for hydroxylation is 1. The zero-order valence-electron chi connectivity index (χ0n) is 16.2. The molecule has 3 heterocycles. The van der Waals surface area contributed by atoms with Crippen LogP contribution in [0.2, 0.25) is 0 Å². The van der Waals surface area contributed by atoms with Gasteiger partial charge in [0.15, 0.2) is 28.8 Å². The van der Waals surface area contributed by atoms with E-state index in [1.54, 1.807) is 13.8 Å². The number of aliphatic hydroxyl groups excluding tert-OH is 1. The van der Waals surface area contributed by atoms with Gasteiger partial charge in [-0.15, -0.1) is 0 Å². The molecule has 9 heteroatoms. The SMILES string of the molecule is CCOc1cc([C@@H]2C(C(=O)c3ccco3)=C(O)C(=O)N2c2cc(C)on2)ccc1O.